The molecule has 1 aromatic heterocycles. The van der Waals surface area contributed by atoms with Gasteiger partial charge in [-0.3, -0.25) is 0 Å². The Morgan fingerprint density at radius 2 is 1.81 bits per heavy atom. The maximum Gasteiger partial charge on any atom is 0.322 e. The van der Waals surface area contributed by atoms with Gasteiger partial charge in [-0.2, -0.15) is 0 Å². The van der Waals surface area contributed by atoms with Crippen LogP contribution >= 0.6 is 0 Å². The van der Waals surface area contributed by atoms with Crippen molar-refractivity contribution in [3.8, 4) is 0 Å². The summed E-state index contributed by atoms with van der Waals surface area (Å²) in [7, 11) is 0. The van der Waals surface area contributed by atoms with E-state index < -0.39 is 0 Å². The lowest BCUT2D eigenvalue weighted by Gasteiger charge is -2.22. The Morgan fingerprint density at radius 1 is 1.04 bits per heavy atom. The zero-order chi connectivity index (χ0) is 19.2. The second-order valence-corrected chi connectivity index (χ2v) is 6.48. The van der Waals surface area contributed by atoms with Crippen LogP contribution in [0.15, 0.2) is 65.1 Å². The molecule has 0 fully saturated rings. The van der Waals surface area contributed by atoms with E-state index in [2.05, 4.69) is 12.2 Å². The lowest BCUT2D eigenvalue weighted by Crippen LogP contribution is -2.34. The van der Waals surface area contributed by atoms with Gasteiger partial charge in [0.15, 0.2) is 0 Å². The van der Waals surface area contributed by atoms with Gasteiger partial charge in [0.2, 0.25) is 0 Å². The van der Waals surface area contributed by atoms with Crippen molar-refractivity contribution >= 4 is 11.7 Å². The largest absolute Gasteiger partial charge is 0.464 e. The molecule has 3 rings (SSSR count). The van der Waals surface area contributed by atoms with Gasteiger partial charge in [0.05, 0.1) is 6.54 Å². The van der Waals surface area contributed by atoms with Crippen molar-refractivity contribution in [1.82, 2.24) is 4.90 Å². The Balaban J connectivity index is 1.78. The standard InChI is InChI=1S/C22H23FN2O2/c1-3-17-5-4-6-20(13-17)24-22(26)25(15-21-12-7-16(2)27-21)14-18-8-10-19(23)11-9-18/h4-13H,3,14-15H2,1-2H3,(H,24,26). The molecule has 3 aromatic rings. The van der Waals surface area contributed by atoms with Crippen molar-refractivity contribution in [2.24, 2.45) is 0 Å². The van der Waals surface area contributed by atoms with Crippen LogP contribution in [0.1, 0.15) is 29.6 Å². The fourth-order valence-corrected chi connectivity index (χ4v) is 2.84. The molecular weight excluding hydrogens is 343 g/mol. The van der Waals surface area contributed by atoms with E-state index in [9.17, 15) is 9.18 Å². The third-order valence-electron chi connectivity index (χ3n) is 4.30. The van der Waals surface area contributed by atoms with E-state index in [1.807, 2.05) is 43.3 Å². The number of rotatable bonds is 6. The first-order valence-electron chi connectivity index (χ1n) is 8.98. The summed E-state index contributed by atoms with van der Waals surface area (Å²) in [6.07, 6.45) is 0.897. The highest BCUT2D eigenvalue weighted by Gasteiger charge is 2.17. The number of nitrogens with zero attached hydrogens (tertiary/aromatic N) is 1. The van der Waals surface area contributed by atoms with Gasteiger partial charge in [-0.15, -0.1) is 0 Å². The number of carbonyl (C=O) groups is 1. The van der Waals surface area contributed by atoms with Crippen LogP contribution in [0.2, 0.25) is 0 Å². The first kappa shape index (κ1) is 18.7. The smallest absolute Gasteiger partial charge is 0.322 e. The fourth-order valence-electron chi connectivity index (χ4n) is 2.84. The zero-order valence-corrected chi connectivity index (χ0v) is 15.5. The molecule has 0 aliphatic carbocycles. The number of anilines is 1. The highest BCUT2D eigenvalue weighted by atomic mass is 19.1. The zero-order valence-electron chi connectivity index (χ0n) is 15.5. The van der Waals surface area contributed by atoms with Gasteiger partial charge in [0.1, 0.15) is 17.3 Å². The molecule has 0 saturated heterocycles. The summed E-state index contributed by atoms with van der Waals surface area (Å²) in [5.41, 5.74) is 2.75. The molecule has 5 heteroatoms. The molecule has 0 spiro atoms. The van der Waals surface area contributed by atoms with Crippen molar-refractivity contribution in [3.05, 3.63) is 89.1 Å². The summed E-state index contributed by atoms with van der Waals surface area (Å²) >= 11 is 0. The highest BCUT2D eigenvalue weighted by molar-refractivity contribution is 5.89. The Labute approximate surface area is 158 Å². The molecule has 2 aromatic carbocycles. The third kappa shape index (κ3) is 5.20. The summed E-state index contributed by atoms with van der Waals surface area (Å²) < 4.78 is 18.8. The molecule has 0 aliphatic heterocycles. The molecular formula is C22H23FN2O2. The molecule has 1 N–H and O–H groups in total. The maximum absolute atomic E-state index is 13.2. The van der Waals surface area contributed by atoms with Gasteiger partial charge >= 0.3 is 6.03 Å². The Kier molecular flexibility index (Phi) is 5.91. The molecule has 0 bridgehead atoms. The van der Waals surface area contributed by atoms with Gasteiger partial charge in [-0.05, 0) is 60.9 Å². The Morgan fingerprint density at radius 3 is 2.48 bits per heavy atom. The average molecular weight is 366 g/mol. The number of furan rings is 1. The van der Waals surface area contributed by atoms with E-state index in [0.29, 0.717) is 18.8 Å². The molecule has 1 heterocycles. The minimum atomic E-state index is -0.298. The van der Waals surface area contributed by atoms with Gasteiger partial charge in [-0.25, -0.2) is 9.18 Å². The minimum absolute atomic E-state index is 0.235. The van der Waals surface area contributed by atoms with Crippen LogP contribution in [0.3, 0.4) is 0 Å². The lowest BCUT2D eigenvalue weighted by molar-refractivity contribution is 0.201. The Hall–Kier alpha value is -3.08. The predicted molar refractivity (Wildman–Crippen MR) is 104 cm³/mol. The summed E-state index contributed by atoms with van der Waals surface area (Å²) in [5, 5.41) is 2.95. The van der Waals surface area contributed by atoms with Crippen LogP contribution in [-0.2, 0) is 19.5 Å². The van der Waals surface area contributed by atoms with Crippen LogP contribution in [0, 0.1) is 12.7 Å². The van der Waals surface area contributed by atoms with E-state index in [4.69, 9.17) is 4.42 Å². The van der Waals surface area contributed by atoms with E-state index in [1.165, 1.54) is 12.1 Å². The van der Waals surface area contributed by atoms with E-state index in [0.717, 1.165) is 29.0 Å². The Bertz CT molecular complexity index is 903. The number of benzene rings is 2. The van der Waals surface area contributed by atoms with Gasteiger partial charge < -0.3 is 14.6 Å². The molecule has 27 heavy (non-hydrogen) atoms. The van der Waals surface area contributed by atoms with Gasteiger partial charge in [-0.1, -0.05) is 31.2 Å². The average Bonchev–Trinajstić information content (AvgIpc) is 3.08. The predicted octanol–water partition coefficient (Wildman–Crippen LogP) is 5.52. The summed E-state index contributed by atoms with van der Waals surface area (Å²) in [6.45, 7) is 4.61. The number of amides is 2. The number of urea groups is 1. The SMILES string of the molecule is CCc1cccc(NC(=O)N(Cc2ccc(F)cc2)Cc2ccc(C)o2)c1. The van der Waals surface area contributed by atoms with Crippen LogP contribution in [0.5, 0.6) is 0 Å². The topological polar surface area (TPSA) is 45.5 Å². The minimum Gasteiger partial charge on any atom is -0.464 e. The molecule has 0 unspecified atom stereocenters. The number of hydrogen-bond acceptors (Lipinski definition) is 2. The third-order valence-corrected chi connectivity index (χ3v) is 4.30. The molecule has 0 saturated carbocycles. The monoisotopic (exact) mass is 366 g/mol. The fraction of sp³-hybridized carbons (Fsp3) is 0.227. The van der Waals surface area contributed by atoms with Crippen molar-refractivity contribution in [1.29, 1.82) is 0 Å². The number of halogens is 1. The second kappa shape index (κ2) is 8.54. The number of aryl methyl sites for hydroxylation is 2. The summed E-state index contributed by atoms with van der Waals surface area (Å²) in [4.78, 5) is 14.5. The normalized spacial score (nSPS) is 10.6. The van der Waals surface area contributed by atoms with Crippen molar-refractivity contribution < 1.29 is 13.6 Å². The quantitative estimate of drug-likeness (QED) is 0.624. The lowest BCUT2D eigenvalue weighted by atomic mass is 10.1. The van der Waals surface area contributed by atoms with Gasteiger partial charge in [0.25, 0.3) is 0 Å². The first-order chi connectivity index (χ1) is 13.0. The molecule has 0 aliphatic rings. The van der Waals surface area contributed by atoms with Gasteiger partial charge in [0, 0.05) is 12.2 Å². The summed E-state index contributed by atoms with van der Waals surface area (Å²) in [6, 6.07) is 17.4. The maximum atomic E-state index is 13.2. The van der Waals surface area contributed by atoms with Crippen molar-refractivity contribution in [2.75, 3.05) is 5.32 Å². The van der Waals surface area contributed by atoms with Crippen LogP contribution in [0.4, 0.5) is 14.9 Å². The van der Waals surface area contributed by atoms with Crippen molar-refractivity contribution in [2.45, 2.75) is 33.4 Å². The molecule has 140 valence electrons. The molecule has 4 nitrogen and oxygen atoms in total. The van der Waals surface area contributed by atoms with Crippen LogP contribution in [-0.4, -0.2) is 10.9 Å². The van der Waals surface area contributed by atoms with Crippen LogP contribution in [0.25, 0.3) is 0 Å². The second-order valence-electron chi connectivity index (χ2n) is 6.48. The van der Waals surface area contributed by atoms with Crippen molar-refractivity contribution in [3.63, 3.8) is 0 Å². The van der Waals surface area contributed by atoms with E-state index >= 15 is 0 Å². The number of carbonyl (C=O) groups excluding carboxylic acids is 1. The molecule has 2 amide bonds. The number of nitrogens with one attached hydrogen (secondary N) is 1. The molecule has 0 atom stereocenters. The van der Waals surface area contributed by atoms with E-state index in [-0.39, 0.29) is 11.8 Å². The number of hydrogen-bond donors (Lipinski definition) is 1. The first-order valence-corrected chi connectivity index (χ1v) is 8.98. The highest BCUT2D eigenvalue weighted by Crippen LogP contribution is 2.17. The van der Waals surface area contributed by atoms with E-state index in [1.54, 1.807) is 17.0 Å². The molecule has 0 radical (unpaired) electrons. The van der Waals surface area contributed by atoms with Crippen LogP contribution < -0.4 is 5.32 Å². The summed E-state index contributed by atoms with van der Waals surface area (Å²) in [5.74, 6) is 1.20.